The summed E-state index contributed by atoms with van der Waals surface area (Å²) >= 11 is 0. The number of oxazole rings is 1. The van der Waals surface area contributed by atoms with Gasteiger partial charge >= 0.3 is 0 Å². The molecule has 0 radical (unpaired) electrons. The molecular formula is C17H17NO. The third-order valence-corrected chi connectivity index (χ3v) is 3.43. The van der Waals surface area contributed by atoms with Gasteiger partial charge in [0.2, 0.25) is 5.89 Å². The van der Waals surface area contributed by atoms with Crippen molar-refractivity contribution in [2.45, 2.75) is 26.7 Å². The van der Waals surface area contributed by atoms with Crippen molar-refractivity contribution in [1.29, 1.82) is 0 Å². The molecule has 0 saturated carbocycles. The Morgan fingerprint density at radius 2 is 1.74 bits per heavy atom. The van der Waals surface area contributed by atoms with Gasteiger partial charge in [-0.3, -0.25) is 0 Å². The molecule has 2 heteroatoms. The Labute approximate surface area is 113 Å². The fourth-order valence-electron chi connectivity index (χ4n) is 2.38. The summed E-state index contributed by atoms with van der Waals surface area (Å²) in [4.78, 5) is 4.61. The zero-order valence-corrected chi connectivity index (χ0v) is 11.3. The molecule has 0 saturated heterocycles. The van der Waals surface area contributed by atoms with E-state index in [1.807, 2.05) is 0 Å². The smallest absolute Gasteiger partial charge is 0.226 e. The third kappa shape index (κ3) is 2.14. The first-order valence-corrected chi connectivity index (χ1v) is 6.79. The van der Waals surface area contributed by atoms with Gasteiger partial charge in [0.05, 0.1) is 5.69 Å². The van der Waals surface area contributed by atoms with E-state index in [9.17, 15) is 0 Å². The zero-order valence-electron chi connectivity index (χ0n) is 11.3. The quantitative estimate of drug-likeness (QED) is 0.679. The highest BCUT2D eigenvalue weighted by Gasteiger charge is 2.11. The van der Waals surface area contributed by atoms with Crippen LogP contribution in [-0.4, -0.2) is 4.98 Å². The van der Waals surface area contributed by atoms with Gasteiger partial charge in [0.25, 0.3) is 0 Å². The second-order valence-corrected chi connectivity index (χ2v) is 4.66. The van der Waals surface area contributed by atoms with E-state index in [1.54, 1.807) is 0 Å². The Balaban J connectivity index is 2.10. The van der Waals surface area contributed by atoms with Gasteiger partial charge in [-0.25, -0.2) is 4.98 Å². The molecule has 1 heterocycles. The van der Waals surface area contributed by atoms with Crippen LogP contribution in [0.15, 0.2) is 46.9 Å². The predicted octanol–water partition coefficient (Wildman–Crippen LogP) is 4.62. The van der Waals surface area contributed by atoms with Crippen LogP contribution in [-0.2, 0) is 12.8 Å². The van der Waals surface area contributed by atoms with E-state index in [0.29, 0.717) is 0 Å². The van der Waals surface area contributed by atoms with Crippen molar-refractivity contribution < 1.29 is 4.42 Å². The Morgan fingerprint density at radius 3 is 2.42 bits per heavy atom. The van der Waals surface area contributed by atoms with Crippen molar-refractivity contribution in [2.75, 3.05) is 0 Å². The first-order valence-electron chi connectivity index (χ1n) is 6.79. The first-order chi connectivity index (χ1) is 9.31. The molecule has 0 spiro atoms. The second kappa shape index (κ2) is 4.88. The molecule has 0 aliphatic heterocycles. The third-order valence-electron chi connectivity index (χ3n) is 3.43. The average Bonchev–Trinajstić information content (AvgIpc) is 2.90. The summed E-state index contributed by atoms with van der Waals surface area (Å²) < 4.78 is 5.88. The van der Waals surface area contributed by atoms with Crippen molar-refractivity contribution in [3.8, 4) is 11.5 Å². The van der Waals surface area contributed by atoms with Crippen molar-refractivity contribution in [3.05, 3.63) is 53.9 Å². The minimum absolute atomic E-state index is 0.736. The van der Waals surface area contributed by atoms with Crippen molar-refractivity contribution in [1.82, 2.24) is 4.98 Å². The molecule has 3 aromatic rings. The van der Waals surface area contributed by atoms with Gasteiger partial charge in [-0.2, -0.15) is 0 Å². The topological polar surface area (TPSA) is 26.0 Å². The molecule has 0 aliphatic carbocycles. The molecule has 3 rings (SSSR count). The van der Waals surface area contributed by atoms with Crippen LogP contribution in [0.1, 0.15) is 25.3 Å². The van der Waals surface area contributed by atoms with Gasteiger partial charge in [-0.15, -0.1) is 0 Å². The van der Waals surface area contributed by atoms with Crippen LogP contribution in [0.2, 0.25) is 0 Å². The van der Waals surface area contributed by atoms with E-state index in [2.05, 4.69) is 61.3 Å². The molecule has 2 nitrogen and oxygen atoms in total. The Kier molecular flexibility index (Phi) is 3.08. The highest BCUT2D eigenvalue weighted by Crippen LogP contribution is 2.26. The van der Waals surface area contributed by atoms with Crippen LogP contribution in [0.5, 0.6) is 0 Å². The molecule has 0 atom stereocenters. The average molecular weight is 251 g/mol. The molecular weight excluding hydrogens is 234 g/mol. The highest BCUT2D eigenvalue weighted by molar-refractivity contribution is 5.86. The lowest BCUT2D eigenvalue weighted by Crippen LogP contribution is -1.86. The SMILES string of the molecule is CCc1nc(-c2ccc3ccccc3c2)oc1CC. The fourth-order valence-corrected chi connectivity index (χ4v) is 2.38. The molecule has 2 aromatic carbocycles. The number of benzene rings is 2. The van der Waals surface area contributed by atoms with E-state index in [1.165, 1.54) is 10.8 Å². The summed E-state index contributed by atoms with van der Waals surface area (Å²) in [7, 11) is 0. The highest BCUT2D eigenvalue weighted by atomic mass is 16.4. The minimum Gasteiger partial charge on any atom is -0.441 e. The van der Waals surface area contributed by atoms with Crippen LogP contribution in [0, 0.1) is 0 Å². The van der Waals surface area contributed by atoms with Gasteiger partial charge in [-0.1, -0.05) is 44.2 Å². The van der Waals surface area contributed by atoms with E-state index in [4.69, 9.17) is 4.42 Å². The van der Waals surface area contributed by atoms with Gasteiger partial charge in [-0.05, 0) is 29.3 Å². The number of nitrogens with zero attached hydrogens (tertiary/aromatic N) is 1. The maximum Gasteiger partial charge on any atom is 0.226 e. The van der Waals surface area contributed by atoms with E-state index < -0.39 is 0 Å². The number of hydrogen-bond donors (Lipinski definition) is 0. The predicted molar refractivity (Wildman–Crippen MR) is 78.2 cm³/mol. The van der Waals surface area contributed by atoms with E-state index in [0.717, 1.165) is 35.7 Å². The van der Waals surface area contributed by atoms with Crippen molar-refractivity contribution in [3.63, 3.8) is 0 Å². The molecule has 0 aliphatic rings. The molecule has 0 unspecified atom stereocenters. The van der Waals surface area contributed by atoms with E-state index >= 15 is 0 Å². The number of rotatable bonds is 3. The molecule has 0 N–H and O–H groups in total. The van der Waals surface area contributed by atoms with Crippen LogP contribution < -0.4 is 0 Å². The van der Waals surface area contributed by atoms with Crippen LogP contribution in [0.25, 0.3) is 22.2 Å². The minimum atomic E-state index is 0.736. The fraction of sp³-hybridized carbons (Fsp3) is 0.235. The molecule has 0 bridgehead atoms. The second-order valence-electron chi connectivity index (χ2n) is 4.66. The first kappa shape index (κ1) is 12.0. The van der Waals surface area contributed by atoms with Gasteiger partial charge in [0, 0.05) is 12.0 Å². The van der Waals surface area contributed by atoms with Crippen molar-refractivity contribution in [2.24, 2.45) is 0 Å². The lowest BCUT2D eigenvalue weighted by atomic mass is 10.1. The normalized spacial score (nSPS) is 11.1. The van der Waals surface area contributed by atoms with Gasteiger partial charge in [0.15, 0.2) is 0 Å². The Bertz CT molecular complexity index is 691. The number of aryl methyl sites for hydroxylation is 2. The lowest BCUT2D eigenvalue weighted by Gasteiger charge is -1.99. The summed E-state index contributed by atoms with van der Waals surface area (Å²) in [6, 6.07) is 14.7. The summed E-state index contributed by atoms with van der Waals surface area (Å²) in [5.74, 6) is 1.74. The Hall–Kier alpha value is -2.09. The zero-order chi connectivity index (χ0) is 13.2. The summed E-state index contributed by atoms with van der Waals surface area (Å²) in [5.41, 5.74) is 2.12. The molecule has 0 fully saturated rings. The molecule has 96 valence electrons. The standard InChI is InChI=1S/C17H17NO/c1-3-15-16(4-2)19-17(18-15)14-10-9-12-7-5-6-8-13(12)11-14/h5-11H,3-4H2,1-2H3. The molecule has 0 amide bonds. The van der Waals surface area contributed by atoms with Gasteiger partial charge in [0.1, 0.15) is 5.76 Å². The maximum atomic E-state index is 5.88. The summed E-state index contributed by atoms with van der Waals surface area (Å²) in [6.07, 6.45) is 1.81. The number of hydrogen-bond acceptors (Lipinski definition) is 2. The summed E-state index contributed by atoms with van der Waals surface area (Å²) in [5, 5.41) is 2.46. The monoisotopic (exact) mass is 251 g/mol. The van der Waals surface area contributed by atoms with Crippen LogP contribution >= 0.6 is 0 Å². The van der Waals surface area contributed by atoms with Crippen molar-refractivity contribution >= 4 is 10.8 Å². The number of aromatic nitrogens is 1. The van der Waals surface area contributed by atoms with E-state index in [-0.39, 0.29) is 0 Å². The lowest BCUT2D eigenvalue weighted by molar-refractivity contribution is 0.521. The maximum absolute atomic E-state index is 5.88. The van der Waals surface area contributed by atoms with Gasteiger partial charge < -0.3 is 4.42 Å². The molecule has 19 heavy (non-hydrogen) atoms. The summed E-state index contributed by atoms with van der Waals surface area (Å²) in [6.45, 7) is 4.21. The number of fused-ring (bicyclic) bond motifs is 1. The largest absolute Gasteiger partial charge is 0.441 e. The van der Waals surface area contributed by atoms with Crippen LogP contribution in [0.4, 0.5) is 0 Å². The van der Waals surface area contributed by atoms with Crippen LogP contribution in [0.3, 0.4) is 0 Å². The molecule has 1 aromatic heterocycles. The Morgan fingerprint density at radius 1 is 0.947 bits per heavy atom.